The van der Waals surface area contributed by atoms with Crippen LogP contribution in [0.15, 0.2) is 42.6 Å². The highest BCUT2D eigenvalue weighted by atomic mass is 19.1. The van der Waals surface area contributed by atoms with Gasteiger partial charge < -0.3 is 20.3 Å². The van der Waals surface area contributed by atoms with Crippen LogP contribution < -0.4 is 10.6 Å². The van der Waals surface area contributed by atoms with Gasteiger partial charge in [0.25, 0.3) is 0 Å². The summed E-state index contributed by atoms with van der Waals surface area (Å²) in [6.45, 7) is 8.87. The van der Waals surface area contributed by atoms with E-state index in [1.54, 1.807) is 57.2 Å². The van der Waals surface area contributed by atoms with Gasteiger partial charge in [-0.05, 0) is 43.9 Å². The maximum absolute atomic E-state index is 15.0. The fraction of sp³-hybridized carbons (Fsp3) is 0.467. The first-order chi connectivity index (χ1) is 20.3. The van der Waals surface area contributed by atoms with E-state index >= 15 is 4.39 Å². The molecule has 3 atom stereocenters. The molecule has 3 heterocycles. The van der Waals surface area contributed by atoms with Crippen LogP contribution in [0.1, 0.15) is 81.1 Å². The molecule has 0 saturated carbocycles. The van der Waals surface area contributed by atoms with Gasteiger partial charge in [0.15, 0.2) is 0 Å². The number of H-pyrrole nitrogens is 1. The van der Waals surface area contributed by atoms with Crippen LogP contribution in [0.3, 0.4) is 0 Å². The minimum Gasteiger partial charge on any atom is -0.444 e. The second kappa shape index (κ2) is 13.3. The van der Waals surface area contributed by atoms with E-state index in [-0.39, 0.29) is 37.5 Å². The molecule has 11 nitrogen and oxygen atoms in total. The molecule has 3 N–H and O–H groups in total. The lowest BCUT2D eigenvalue weighted by Gasteiger charge is -2.27. The number of alkyl carbamates (subject to hydrolysis) is 1. The molecule has 43 heavy (non-hydrogen) atoms. The lowest BCUT2D eigenvalue weighted by Crippen LogP contribution is -2.47. The predicted octanol–water partition coefficient (Wildman–Crippen LogP) is 3.87. The maximum atomic E-state index is 15.0. The Hall–Kier alpha value is -4.42. The van der Waals surface area contributed by atoms with Crippen LogP contribution in [0.4, 0.5) is 13.6 Å². The third-order valence-electron chi connectivity index (χ3n) is 6.90. The molecule has 0 radical (unpaired) electrons. The second-order valence-electron chi connectivity index (χ2n) is 11.9. The van der Waals surface area contributed by atoms with Gasteiger partial charge in [-0.2, -0.15) is 4.39 Å². The number of likely N-dealkylation sites (tertiary alicyclic amines) is 1. The fourth-order valence-electron chi connectivity index (χ4n) is 4.87. The molecule has 1 aromatic carbocycles. The van der Waals surface area contributed by atoms with Crippen LogP contribution in [0.25, 0.3) is 0 Å². The number of halogens is 2. The van der Waals surface area contributed by atoms with Crippen molar-refractivity contribution < 1.29 is 27.9 Å². The van der Waals surface area contributed by atoms with Gasteiger partial charge in [-0.3, -0.25) is 14.7 Å². The standard InChI is InChI=1S/C30H37F2N7O4/c1-17(2)22-9-10-23(35-27(22)32)26(19-8-6-7-18(11-19)14-33-29(42)43-30(3,4)5)36-28(41)24-12-20(31)16-39(24)25(40)13-21-15-34-38-37-21/h6-11,15,17,20,24,26H,12-14,16H2,1-5H3,(H,33,42)(H,36,41)(H,34,37,38)/t20-,24+,26?/m1/s1. The first kappa shape index (κ1) is 31.5. The van der Waals surface area contributed by atoms with Gasteiger partial charge in [0.1, 0.15) is 17.8 Å². The van der Waals surface area contributed by atoms with Crippen LogP contribution in [0, 0.1) is 5.95 Å². The number of hydrogen-bond acceptors (Lipinski definition) is 7. The lowest BCUT2D eigenvalue weighted by molar-refractivity contribution is -0.138. The highest BCUT2D eigenvalue weighted by Crippen LogP contribution is 2.27. The first-order valence-electron chi connectivity index (χ1n) is 14.1. The number of hydrogen-bond donors (Lipinski definition) is 3. The van der Waals surface area contributed by atoms with Crippen LogP contribution in [-0.4, -0.2) is 67.6 Å². The van der Waals surface area contributed by atoms with Crippen LogP contribution in [0.2, 0.25) is 0 Å². The van der Waals surface area contributed by atoms with Crippen molar-refractivity contribution in [3.8, 4) is 0 Å². The molecule has 0 bridgehead atoms. The number of pyridine rings is 1. The highest BCUT2D eigenvalue weighted by molar-refractivity contribution is 5.89. The summed E-state index contributed by atoms with van der Waals surface area (Å²) in [5.74, 6) is -1.83. The Kier molecular flexibility index (Phi) is 9.72. The summed E-state index contributed by atoms with van der Waals surface area (Å²) in [7, 11) is 0. The summed E-state index contributed by atoms with van der Waals surface area (Å²) in [5.41, 5.74) is 1.66. The van der Waals surface area contributed by atoms with Crippen molar-refractivity contribution in [2.45, 2.75) is 83.8 Å². The van der Waals surface area contributed by atoms with Crippen molar-refractivity contribution in [2.75, 3.05) is 6.54 Å². The zero-order valence-corrected chi connectivity index (χ0v) is 24.9. The Morgan fingerprint density at radius 1 is 1.19 bits per heavy atom. The van der Waals surface area contributed by atoms with Gasteiger partial charge in [-0.25, -0.2) is 14.2 Å². The highest BCUT2D eigenvalue weighted by Gasteiger charge is 2.40. The van der Waals surface area contributed by atoms with Gasteiger partial charge in [0.05, 0.1) is 36.6 Å². The van der Waals surface area contributed by atoms with Gasteiger partial charge in [-0.15, -0.1) is 5.10 Å². The largest absolute Gasteiger partial charge is 0.444 e. The van der Waals surface area contributed by atoms with Gasteiger partial charge >= 0.3 is 6.09 Å². The normalized spacial score (nSPS) is 17.5. The summed E-state index contributed by atoms with van der Waals surface area (Å²) in [5, 5.41) is 15.4. The zero-order valence-electron chi connectivity index (χ0n) is 24.9. The molecule has 3 aromatic rings. The quantitative estimate of drug-likeness (QED) is 0.318. The maximum Gasteiger partial charge on any atom is 0.407 e. The average molecular weight is 598 g/mol. The number of carbonyl (C=O) groups is 3. The van der Waals surface area contributed by atoms with Crippen molar-refractivity contribution in [1.29, 1.82) is 0 Å². The Bertz CT molecular complexity index is 1440. The van der Waals surface area contributed by atoms with Crippen molar-refractivity contribution in [3.63, 3.8) is 0 Å². The number of aromatic nitrogens is 4. The Labute approximate surface area is 248 Å². The first-order valence-corrected chi connectivity index (χ1v) is 14.1. The Morgan fingerprint density at radius 2 is 1.95 bits per heavy atom. The summed E-state index contributed by atoms with van der Waals surface area (Å²) in [6.07, 6.45) is -0.894. The summed E-state index contributed by atoms with van der Waals surface area (Å²) in [6, 6.07) is 8.24. The van der Waals surface area contributed by atoms with E-state index in [4.69, 9.17) is 4.74 Å². The smallest absolute Gasteiger partial charge is 0.407 e. The lowest BCUT2D eigenvalue weighted by atomic mass is 9.98. The van der Waals surface area contributed by atoms with Gasteiger partial charge in [0, 0.05) is 18.5 Å². The fourth-order valence-corrected chi connectivity index (χ4v) is 4.87. The van der Waals surface area contributed by atoms with Crippen molar-refractivity contribution >= 4 is 17.9 Å². The molecule has 0 aliphatic carbocycles. The molecule has 1 aliphatic rings. The second-order valence-corrected chi connectivity index (χ2v) is 11.9. The number of carbonyl (C=O) groups excluding carboxylic acids is 3. The van der Waals surface area contributed by atoms with E-state index in [0.29, 0.717) is 22.4 Å². The number of amides is 3. The molecule has 1 unspecified atom stereocenters. The van der Waals surface area contributed by atoms with Crippen LogP contribution in [-0.2, 0) is 27.3 Å². The van der Waals surface area contributed by atoms with Crippen molar-refractivity contribution in [2.24, 2.45) is 0 Å². The average Bonchev–Trinajstić information content (AvgIpc) is 3.59. The predicted molar refractivity (Wildman–Crippen MR) is 153 cm³/mol. The van der Waals surface area contributed by atoms with Crippen molar-refractivity contribution in [1.82, 2.24) is 35.9 Å². The molecule has 3 amide bonds. The minimum atomic E-state index is -1.39. The van der Waals surface area contributed by atoms with Crippen LogP contribution in [0.5, 0.6) is 0 Å². The molecule has 2 aromatic heterocycles. The van der Waals surface area contributed by atoms with E-state index < -0.39 is 47.7 Å². The van der Waals surface area contributed by atoms with Crippen LogP contribution >= 0.6 is 0 Å². The molecule has 13 heteroatoms. The number of aromatic amines is 1. The van der Waals surface area contributed by atoms with Gasteiger partial charge in [0.2, 0.25) is 17.8 Å². The third kappa shape index (κ3) is 8.33. The molecule has 4 rings (SSSR count). The van der Waals surface area contributed by atoms with Gasteiger partial charge in [-0.1, -0.05) is 49.4 Å². The summed E-state index contributed by atoms with van der Waals surface area (Å²) < 4.78 is 34.9. The number of benzene rings is 1. The van der Waals surface area contributed by atoms with E-state index in [0.717, 1.165) is 0 Å². The number of alkyl halides is 1. The molecule has 230 valence electrons. The number of rotatable bonds is 9. The monoisotopic (exact) mass is 597 g/mol. The number of ether oxygens (including phenoxy) is 1. The molecular formula is C30H37F2N7O4. The molecule has 1 aliphatic heterocycles. The molecular weight excluding hydrogens is 560 g/mol. The Balaban J connectivity index is 1.60. The summed E-state index contributed by atoms with van der Waals surface area (Å²) >= 11 is 0. The minimum absolute atomic E-state index is 0.110. The Morgan fingerprint density at radius 3 is 2.60 bits per heavy atom. The third-order valence-corrected chi connectivity index (χ3v) is 6.90. The topological polar surface area (TPSA) is 142 Å². The van der Waals surface area contributed by atoms with Crippen molar-refractivity contribution in [3.05, 3.63) is 76.6 Å². The SMILES string of the molecule is CC(C)c1ccc(C(NC(=O)[C@@H]2C[C@@H](F)CN2C(=O)Cc2cnn[nH]2)c2cccc(CNC(=O)OC(C)(C)C)c2)nc1F. The van der Waals surface area contributed by atoms with E-state index in [9.17, 15) is 18.8 Å². The van der Waals surface area contributed by atoms with E-state index in [1.807, 2.05) is 13.8 Å². The number of nitrogens with zero attached hydrogens (tertiary/aromatic N) is 4. The van der Waals surface area contributed by atoms with E-state index in [1.165, 1.54) is 11.1 Å². The molecule has 1 fully saturated rings. The zero-order chi connectivity index (χ0) is 31.3. The molecule has 0 spiro atoms. The number of nitrogens with one attached hydrogen (secondary N) is 3. The molecule has 1 saturated heterocycles. The summed E-state index contributed by atoms with van der Waals surface area (Å²) in [4.78, 5) is 44.2. The van der Waals surface area contributed by atoms with E-state index in [2.05, 4.69) is 31.0 Å².